The van der Waals surface area contributed by atoms with Crippen molar-refractivity contribution >= 4 is 11.9 Å². The predicted molar refractivity (Wildman–Crippen MR) is 196 cm³/mol. The average Bonchev–Trinajstić information content (AvgIpc) is 3.06. The zero-order chi connectivity index (χ0) is 33.6. The number of hydrogen-bond donors (Lipinski definition) is 1. The molecule has 46 heavy (non-hydrogen) atoms. The number of hydrogen-bond acceptors (Lipinski definition) is 5. The number of aliphatic hydroxyl groups is 1. The van der Waals surface area contributed by atoms with E-state index >= 15 is 0 Å². The van der Waals surface area contributed by atoms with Crippen LogP contribution in [0, 0.1) is 0 Å². The minimum Gasteiger partial charge on any atom is -0.462 e. The van der Waals surface area contributed by atoms with E-state index in [9.17, 15) is 14.7 Å². The predicted octanol–water partition coefficient (Wildman–Crippen LogP) is 11.4. The maximum Gasteiger partial charge on any atom is 0.306 e. The van der Waals surface area contributed by atoms with Crippen molar-refractivity contribution in [3.8, 4) is 0 Å². The SMILES string of the molecule is CC/C=C\C/C=C\C/C=C\C/C=C\C/C=C\CCCC(=O)O[C@@H](CO)COC(=O)CCCCCCCCC/C=C\CCCCCC. The van der Waals surface area contributed by atoms with Crippen LogP contribution in [0.4, 0.5) is 0 Å². The lowest BCUT2D eigenvalue weighted by molar-refractivity contribution is -0.161. The van der Waals surface area contributed by atoms with Gasteiger partial charge in [0.05, 0.1) is 6.61 Å². The summed E-state index contributed by atoms with van der Waals surface area (Å²) in [6.45, 7) is 3.94. The van der Waals surface area contributed by atoms with Gasteiger partial charge in [-0.05, 0) is 77.0 Å². The highest BCUT2D eigenvalue weighted by Crippen LogP contribution is 2.11. The molecular weight excluding hydrogens is 572 g/mol. The first-order valence-electron chi connectivity index (χ1n) is 18.5. The van der Waals surface area contributed by atoms with Crippen molar-refractivity contribution < 1.29 is 24.2 Å². The Bertz CT molecular complexity index is 864. The number of aliphatic hydroxyl groups excluding tert-OH is 1. The van der Waals surface area contributed by atoms with Crippen LogP contribution in [0.2, 0.25) is 0 Å². The second-order valence-corrected chi connectivity index (χ2v) is 11.9. The Morgan fingerprint density at radius 3 is 1.50 bits per heavy atom. The van der Waals surface area contributed by atoms with Gasteiger partial charge in [-0.1, -0.05) is 138 Å². The van der Waals surface area contributed by atoms with Gasteiger partial charge >= 0.3 is 11.9 Å². The fraction of sp³-hybridized carbons (Fsp3) is 0.659. The summed E-state index contributed by atoms with van der Waals surface area (Å²) in [7, 11) is 0. The number of ether oxygens (including phenoxy) is 2. The summed E-state index contributed by atoms with van der Waals surface area (Å²) >= 11 is 0. The molecule has 0 aromatic carbocycles. The normalized spacial score (nSPS) is 13.0. The van der Waals surface area contributed by atoms with E-state index in [1.165, 1.54) is 64.2 Å². The van der Waals surface area contributed by atoms with Crippen molar-refractivity contribution in [1.82, 2.24) is 0 Å². The van der Waals surface area contributed by atoms with E-state index in [2.05, 4.69) is 86.8 Å². The van der Waals surface area contributed by atoms with E-state index in [-0.39, 0.29) is 31.6 Å². The smallest absolute Gasteiger partial charge is 0.306 e. The van der Waals surface area contributed by atoms with Gasteiger partial charge in [-0.15, -0.1) is 0 Å². The van der Waals surface area contributed by atoms with E-state index in [1.54, 1.807) is 0 Å². The molecule has 0 rings (SSSR count). The molecule has 0 unspecified atom stereocenters. The second-order valence-electron chi connectivity index (χ2n) is 11.9. The van der Waals surface area contributed by atoms with Gasteiger partial charge in [0, 0.05) is 12.8 Å². The highest BCUT2D eigenvalue weighted by atomic mass is 16.6. The molecule has 1 N–H and O–H groups in total. The standard InChI is InChI=1S/C41H68O5/c1-3-5-7-9-11-13-15-17-19-20-22-24-26-28-30-32-34-36-41(44)46-39(37-42)38-45-40(43)35-33-31-29-27-25-23-21-18-16-14-12-10-8-6-4-2/h5,7,11,13-14,16-17,19,22,24,28,30,39,42H,3-4,6,8-10,12,15,18,20-21,23,25-27,29,31-38H2,1-2H3/b7-5-,13-11-,16-14-,19-17-,24-22-,30-28-/t39-/m0/s1. The van der Waals surface area contributed by atoms with Crippen LogP contribution in [0.1, 0.15) is 155 Å². The van der Waals surface area contributed by atoms with Crippen molar-refractivity contribution in [3.05, 3.63) is 72.9 Å². The number of allylic oxidation sites excluding steroid dienone is 12. The van der Waals surface area contributed by atoms with Crippen molar-refractivity contribution in [2.24, 2.45) is 0 Å². The van der Waals surface area contributed by atoms with Crippen molar-refractivity contribution in [3.63, 3.8) is 0 Å². The fourth-order valence-electron chi connectivity index (χ4n) is 4.70. The molecule has 0 aliphatic rings. The van der Waals surface area contributed by atoms with Gasteiger partial charge in [0.25, 0.3) is 0 Å². The Labute approximate surface area is 283 Å². The summed E-state index contributed by atoms with van der Waals surface area (Å²) in [5, 5.41) is 9.53. The molecule has 0 spiro atoms. The Morgan fingerprint density at radius 2 is 0.957 bits per heavy atom. The highest BCUT2D eigenvalue weighted by Gasteiger charge is 2.15. The van der Waals surface area contributed by atoms with Crippen LogP contribution < -0.4 is 0 Å². The summed E-state index contributed by atoms with van der Waals surface area (Å²) in [6, 6.07) is 0. The molecule has 0 aliphatic carbocycles. The molecule has 0 radical (unpaired) electrons. The monoisotopic (exact) mass is 641 g/mol. The van der Waals surface area contributed by atoms with Crippen LogP contribution in [0.25, 0.3) is 0 Å². The molecule has 0 aliphatic heterocycles. The summed E-state index contributed by atoms with van der Waals surface area (Å²) in [5.41, 5.74) is 0. The van der Waals surface area contributed by atoms with Crippen LogP contribution in [-0.4, -0.2) is 36.4 Å². The minimum absolute atomic E-state index is 0.0942. The third-order valence-electron chi connectivity index (χ3n) is 7.48. The number of carbonyl (C=O) groups excluding carboxylic acids is 2. The maximum atomic E-state index is 12.1. The first kappa shape index (κ1) is 43.3. The minimum atomic E-state index is -0.805. The van der Waals surface area contributed by atoms with Gasteiger partial charge in [-0.2, -0.15) is 0 Å². The zero-order valence-corrected chi connectivity index (χ0v) is 29.6. The molecule has 262 valence electrons. The van der Waals surface area contributed by atoms with E-state index < -0.39 is 6.10 Å². The third-order valence-corrected chi connectivity index (χ3v) is 7.48. The lowest BCUT2D eigenvalue weighted by Gasteiger charge is -2.15. The molecule has 0 fully saturated rings. The van der Waals surface area contributed by atoms with Crippen molar-refractivity contribution in [1.29, 1.82) is 0 Å². The second kappa shape index (κ2) is 36.8. The molecule has 5 heteroatoms. The Hall–Kier alpha value is -2.66. The summed E-state index contributed by atoms with van der Waals surface area (Å²) in [4.78, 5) is 24.2. The van der Waals surface area contributed by atoms with Gasteiger partial charge < -0.3 is 14.6 Å². The number of esters is 2. The quantitative estimate of drug-likeness (QED) is 0.0450. The lowest BCUT2D eigenvalue weighted by atomic mass is 10.1. The summed E-state index contributed by atoms with van der Waals surface area (Å²) < 4.78 is 10.5. The van der Waals surface area contributed by atoms with Gasteiger partial charge in [0.2, 0.25) is 0 Å². The number of unbranched alkanes of at least 4 members (excludes halogenated alkanes) is 12. The Balaban J connectivity index is 3.70. The topological polar surface area (TPSA) is 72.8 Å². The molecule has 0 saturated carbocycles. The van der Waals surface area contributed by atoms with E-state index in [1.807, 2.05) is 0 Å². The van der Waals surface area contributed by atoms with Crippen LogP contribution in [0.15, 0.2) is 72.9 Å². The van der Waals surface area contributed by atoms with Crippen LogP contribution in [0.3, 0.4) is 0 Å². The van der Waals surface area contributed by atoms with Crippen molar-refractivity contribution in [2.75, 3.05) is 13.2 Å². The molecule has 0 heterocycles. The largest absolute Gasteiger partial charge is 0.462 e. The highest BCUT2D eigenvalue weighted by molar-refractivity contribution is 5.70. The lowest BCUT2D eigenvalue weighted by Crippen LogP contribution is -2.28. The van der Waals surface area contributed by atoms with E-state index in [0.717, 1.165) is 57.8 Å². The van der Waals surface area contributed by atoms with E-state index in [4.69, 9.17) is 9.47 Å². The zero-order valence-electron chi connectivity index (χ0n) is 29.6. The van der Waals surface area contributed by atoms with Crippen LogP contribution in [0.5, 0.6) is 0 Å². The molecule has 0 aromatic heterocycles. The third kappa shape index (κ3) is 34.2. The van der Waals surface area contributed by atoms with Crippen LogP contribution >= 0.6 is 0 Å². The summed E-state index contributed by atoms with van der Waals surface area (Å²) in [5.74, 6) is -0.671. The first-order chi connectivity index (χ1) is 22.6. The summed E-state index contributed by atoms with van der Waals surface area (Å²) in [6.07, 6.45) is 48.2. The van der Waals surface area contributed by atoms with Gasteiger partial charge in [-0.25, -0.2) is 0 Å². The number of carbonyl (C=O) groups is 2. The Kier molecular flexibility index (Phi) is 34.7. The molecular formula is C41H68O5. The van der Waals surface area contributed by atoms with Gasteiger partial charge in [0.1, 0.15) is 6.61 Å². The van der Waals surface area contributed by atoms with Crippen LogP contribution in [-0.2, 0) is 19.1 Å². The van der Waals surface area contributed by atoms with E-state index in [0.29, 0.717) is 12.8 Å². The Morgan fingerprint density at radius 1 is 0.522 bits per heavy atom. The maximum absolute atomic E-state index is 12.1. The molecule has 0 aromatic rings. The molecule has 5 nitrogen and oxygen atoms in total. The first-order valence-corrected chi connectivity index (χ1v) is 18.5. The fourth-order valence-corrected chi connectivity index (χ4v) is 4.70. The molecule has 1 atom stereocenters. The van der Waals surface area contributed by atoms with Gasteiger partial charge in [-0.3, -0.25) is 9.59 Å². The van der Waals surface area contributed by atoms with Crippen molar-refractivity contribution in [2.45, 2.75) is 161 Å². The molecule has 0 amide bonds. The average molecular weight is 641 g/mol. The molecule has 0 bridgehead atoms. The van der Waals surface area contributed by atoms with Gasteiger partial charge in [0.15, 0.2) is 6.10 Å². The number of rotatable bonds is 32. The molecule has 0 saturated heterocycles.